The maximum atomic E-state index is 10.9. The molecule has 1 aromatic rings. The second kappa shape index (κ2) is 5.05. The van der Waals surface area contributed by atoms with E-state index >= 15 is 0 Å². The highest BCUT2D eigenvalue weighted by atomic mass is 79.9. The average molecular weight is 331 g/mol. The molecule has 0 aromatic heterocycles. The summed E-state index contributed by atoms with van der Waals surface area (Å²) in [5.74, 6) is 0.570. The molecule has 1 aromatic carbocycles. The van der Waals surface area contributed by atoms with Gasteiger partial charge in [0.2, 0.25) is 0 Å². The summed E-state index contributed by atoms with van der Waals surface area (Å²) in [5, 5.41) is 9.64. The van der Waals surface area contributed by atoms with Crippen LogP contribution in [-0.4, -0.2) is 19.7 Å². The highest BCUT2D eigenvalue weighted by Gasteiger charge is 2.39. The van der Waals surface area contributed by atoms with Gasteiger partial charge in [-0.15, -0.1) is 0 Å². The zero-order valence-electron chi connectivity index (χ0n) is 11.4. The molecule has 0 aliphatic heterocycles. The third kappa shape index (κ3) is 2.95. The van der Waals surface area contributed by atoms with Gasteiger partial charge in [-0.1, -0.05) is 20.8 Å². The SMILES string of the molecule is CC(C)(C)[Si](C)(C)Oc1ccc(O)c(C=O)c1Br. The fourth-order valence-electron chi connectivity index (χ4n) is 1.18. The Hall–Kier alpha value is -0.813. The van der Waals surface area contributed by atoms with Crippen molar-refractivity contribution in [3.63, 3.8) is 0 Å². The monoisotopic (exact) mass is 330 g/mol. The molecule has 1 rings (SSSR count). The number of carbonyl (C=O) groups excluding carboxylic acids is 1. The van der Waals surface area contributed by atoms with Crippen LogP contribution in [0.1, 0.15) is 31.1 Å². The van der Waals surface area contributed by atoms with Crippen molar-refractivity contribution in [2.45, 2.75) is 38.9 Å². The van der Waals surface area contributed by atoms with Crippen molar-refractivity contribution in [1.29, 1.82) is 0 Å². The van der Waals surface area contributed by atoms with Crippen molar-refractivity contribution < 1.29 is 14.3 Å². The largest absolute Gasteiger partial charge is 0.543 e. The van der Waals surface area contributed by atoms with Crippen LogP contribution in [-0.2, 0) is 0 Å². The number of hydrogen-bond acceptors (Lipinski definition) is 3. The fraction of sp³-hybridized carbons (Fsp3) is 0.462. The predicted octanol–water partition coefficient (Wildman–Crippen LogP) is 4.35. The zero-order valence-corrected chi connectivity index (χ0v) is 14.0. The van der Waals surface area contributed by atoms with Gasteiger partial charge in [0.15, 0.2) is 6.29 Å². The van der Waals surface area contributed by atoms with Crippen molar-refractivity contribution in [3.05, 3.63) is 22.2 Å². The molecule has 0 radical (unpaired) electrons. The van der Waals surface area contributed by atoms with Gasteiger partial charge in [-0.05, 0) is 46.2 Å². The van der Waals surface area contributed by atoms with Crippen molar-refractivity contribution in [1.82, 2.24) is 0 Å². The molecule has 0 spiro atoms. The smallest absolute Gasteiger partial charge is 0.250 e. The summed E-state index contributed by atoms with van der Waals surface area (Å²) in [6, 6.07) is 3.17. The first-order valence-electron chi connectivity index (χ1n) is 5.76. The molecule has 0 unspecified atom stereocenters. The van der Waals surface area contributed by atoms with Crippen molar-refractivity contribution in [3.8, 4) is 11.5 Å². The Kier molecular flexibility index (Phi) is 4.28. The highest BCUT2D eigenvalue weighted by Crippen LogP contribution is 2.41. The summed E-state index contributed by atoms with van der Waals surface area (Å²) >= 11 is 3.32. The number of carbonyl (C=O) groups is 1. The van der Waals surface area contributed by atoms with E-state index in [9.17, 15) is 9.90 Å². The summed E-state index contributed by atoms with van der Waals surface area (Å²) < 4.78 is 6.63. The van der Waals surface area contributed by atoms with Crippen LogP contribution in [0.4, 0.5) is 0 Å². The van der Waals surface area contributed by atoms with Gasteiger partial charge in [-0.3, -0.25) is 4.79 Å². The first-order chi connectivity index (χ1) is 8.10. The van der Waals surface area contributed by atoms with E-state index in [0.717, 1.165) is 0 Å². The fourth-order valence-corrected chi connectivity index (χ4v) is 2.87. The number of hydrogen-bond donors (Lipinski definition) is 1. The molecule has 0 atom stereocenters. The van der Waals surface area contributed by atoms with E-state index in [1.54, 1.807) is 6.07 Å². The summed E-state index contributed by atoms with van der Waals surface area (Å²) in [5.41, 5.74) is 0.228. The quantitative estimate of drug-likeness (QED) is 0.661. The molecule has 0 bridgehead atoms. The molecule has 18 heavy (non-hydrogen) atoms. The van der Waals surface area contributed by atoms with E-state index in [4.69, 9.17) is 4.43 Å². The van der Waals surface area contributed by atoms with Crippen LogP contribution in [0.15, 0.2) is 16.6 Å². The van der Waals surface area contributed by atoms with E-state index < -0.39 is 8.32 Å². The Bertz CT molecular complexity index is 464. The van der Waals surface area contributed by atoms with Crippen LogP contribution in [0.25, 0.3) is 0 Å². The van der Waals surface area contributed by atoms with Crippen LogP contribution in [0.2, 0.25) is 18.1 Å². The Morgan fingerprint density at radius 2 is 1.89 bits per heavy atom. The third-order valence-corrected chi connectivity index (χ3v) is 8.57. The minimum absolute atomic E-state index is 0.0422. The first kappa shape index (κ1) is 15.2. The molecule has 0 fully saturated rings. The van der Waals surface area contributed by atoms with Crippen LogP contribution in [0, 0.1) is 0 Å². The maximum absolute atomic E-state index is 10.9. The molecule has 0 aliphatic carbocycles. The topological polar surface area (TPSA) is 46.5 Å². The number of phenolic OH excluding ortho intramolecular Hbond substituents is 1. The van der Waals surface area contributed by atoms with Crippen LogP contribution in [0.3, 0.4) is 0 Å². The lowest BCUT2D eigenvalue weighted by Gasteiger charge is -2.36. The first-order valence-corrected chi connectivity index (χ1v) is 9.46. The second-order valence-corrected chi connectivity index (χ2v) is 11.3. The predicted molar refractivity (Wildman–Crippen MR) is 79.0 cm³/mol. The molecule has 0 aliphatic rings. The Labute approximate surface area is 117 Å². The molecule has 100 valence electrons. The van der Waals surface area contributed by atoms with E-state index in [1.807, 2.05) is 0 Å². The second-order valence-electron chi connectivity index (χ2n) is 5.79. The maximum Gasteiger partial charge on any atom is 0.250 e. The summed E-state index contributed by atoms with van der Waals surface area (Å²) in [4.78, 5) is 10.9. The van der Waals surface area contributed by atoms with Gasteiger partial charge >= 0.3 is 0 Å². The van der Waals surface area contributed by atoms with Gasteiger partial charge in [0.25, 0.3) is 8.32 Å². The number of phenols is 1. The van der Waals surface area contributed by atoms with E-state index in [-0.39, 0.29) is 16.4 Å². The molecule has 5 heteroatoms. The average Bonchev–Trinajstić information content (AvgIpc) is 2.21. The molecule has 0 amide bonds. The number of halogens is 1. The number of aromatic hydroxyl groups is 1. The van der Waals surface area contributed by atoms with Gasteiger partial charge in [0.1, 0.15) is 11.5 Å². The Morgan fingerprint density at radius 1 is 1.33 bits per heavy atom. The zero-order chi connectivity index (χ0) is 14.1. The van der Waals surface area contributed by atoms with E-state index in [0.29, 0.717) is 16.5 Å². The summed E-state index contributed by atoms with van der Waals surface area (Å²) in [6.07, 6.45) is 0.623. The minimum Gasteiger partial charge on any atom is -0.543 e. The molecular weight excluding hydrogens is 312 g/mol. The van der Waals surface area contributed by atoms with E-state index in [1.165, 1.54) is 6.07 Å². The molecule has 0 saturated heterocycles. The summed E-state index contributed by atoms with van der Waals surface area (Å²) in [7, 11) is -1.96. The van der Waals surface area contributed by atoms with Crippen LogP contribution in [0.5, 0.6) is 11.5 Å². The molecule has 1 N–H and O–H groups in total. The van der Waals surface area contributed by atoms with Gasteiger partial charge in [-0.2, -0.15) is 0 Å². The van der Waals surface area contributed by atoms with E-state index in [2.05, 4.69) is 49.8 Å². The summed E-state index contributed by atoms with van der Waals surface area (Å²) in [6.45, 7) is 10.7. The molecule has 0 heterocycles. The minimum atomic E-state index is -1.96. The lowest BCUT2D eigenvalue weighted by Crippen LogP contribution is -2.44. The van der Waals surface area contributed by atoms with Gasteiger partial charge in [0.05, 0.1) is 10.0 Å². The Morgan fingerprint density at radius 3 is 2.33 bits per heavy atom. The molecule has 0 saturated carbocycles. The number of rotatable bonds is 3. The number of benzene rings is 1. The van der Waals surface area contributed by atoms with Crippen LogP contribution < -0.4 is 4.43 Å². The van der Waals surface area contributed by atoms with Crippen molar-refractivity contribution in [2.75, 3.05) is 0 Å². The Balaban J connectivity index is 3.18. The van der Waals surface area contributed by atoms with Gasteiger partial charge < -0.3 is 9.53 Å². The standard InChI is InChI=1S/C13H19BrO3Si/c1-13(2,3)18(4,5)17-11-7-6-10(16)9(8-15)12(11)14/h6-8,16H,1-5H3. The lowest BCUT2D eigenvalue weighted by molar-refractivity contribution is 0.112. The van der Waals surface area contributed by atoms with Crippen molar-refractivity contribution >= 4 is 30.5 Å². The third-order valence-electron chi connectivity index (χ3n) is 3.41. The molecule has 3 nitrogen and oxygen atoms in total. The number of aldehydes is 1. The lowest BCUT2D eigenvalue weighted by atomic mass is 10.2. The van der Waals surface area contributed by atoms with Crippen LogP contribution >= 0.6 is 15.9 Å². The van der Waals surface area contributed by atoms with Gasteiger partial charge in [-0.25, -0.2) is 0 Å². The highest BCUT2D eigenvalue weighted by molar-refractivity contribution is 9.10. The molecular formula is C13H19BrO3Si. The normalized spacial score (nSPS) is 12.3. The van der Waals surface area contributed by atoms with Gasteiger partial charge in [0, 0.05) is 0 Å². The van der Waals surface area contributed by atoms with Crippen molar-refractivity contribution in [2.24, 2.45) is 0 Å².